The van der Waals surface area contributed by atoms with Gasteiger partial charge >= 0.3 is 0 Å². The van der Waals surface area contributed by atoms with Crippen LogP contribution in [-0.4, -0.2) is 20.9 Å². The topological polar surface area (TPSA) is 84.5 Å². The van der Waals surface area contributed by atoms with Crippen LogP contribution in [0.5, 0.6) is 5.75 Å². The SMILES string of the molecule is CCOc1ccc([C@@H](C)NC(=O)c2ccc(Cl)c(S(=O)(=O)Nc3ccc(C)cc3C)c2)cc1. The molecule has 3 aromatic rings. The smallest absolute Gasteiger partial charge is 0.263 e. The van der Waals surface area contributed by atoms with Gasteiger partial charge in [-0.05, 0) is 75.2 Å². The number of hydrogen-bond acceptors (Lipinski definition) is 4. The van der Waals surface area contributed by atoms with E-state index >= 15 is 0 Å². The molecule has 0 fully saturated rings. The molecule has 0 aromatic heterocycles. The van der Waals surface area contributed by atoms with Gasteiger partial charge in [-0.2, -0.15) is 0 Å². The Morgan fingerprint density at radius 3 is 2.36 bits per heavy atom. The molecule has 0 saturated carbocycles. The van der Waals surface area contributed by atoms with Crippen molar-refractivity contribution in [2.45, 2.75) is 38.6 Å². The molecule has 0 bridgehead atoms. The summed E-state index contributed by atoms with van der Waals surface area (Å²) in [5.41, 5.74) is 3.35. The van der Waals surface area contributed by atoms with Crippen LogP contribution in [0.4, 0.5) is 5.69 Å². The van der Waals surface area contributed by atoms with Crippen molar-refractivity contribution in [2.75, 3.05) is 11.3 Å². The highest BCUT2D eigenvalue weighted by atomic mass is 35.5. The minimum atomic E-state index is -4.00. The maximum absolute atomic E-state index is 13.0. The summed E-state index contributed by atoms with van der Waals surface area (Å²) in [4.78, 5) is 12.7. The zero-order chi connectivity index (χ0) is 24.2. The van der Waals surface area contributed by atoms with Crippen molar-refractivity contribution in [3.05, 3.63) is 87.9 Å². The van der Waals surface area contributed by atoms with E-state index in [4.69, 9.17) is 16.3 Å². The van der Waals surface area contributed by atoms with E-state index < -0.39 is 15.9 Å². The fourth-order valence-corrected chi connectivity index (χ4v) is 5.02. The molecular weight excluding hydrogens is 460 g/mol. The second-order valence-electron chi connectivity index (χ2n) is 7.77. The Morgan fingerprint density at radius 2 is 1.73 bits per heavy atom. The molecule has 174 valence electrons. The van der Waals surface area contributed by atoms with E-state index in [0.29, 0.717) is 12.3 Å². The number of hydrogen-bond donors (Lipinski definition) is 2. The molecule has 0 unspecified atom stereocenters. The van der Waals surface area contributed by atoms with Gasteiger partial charge in [0, 0.05) is 5.56 Å². The summed E-state index contributed by atoms with van der Waals surface area (Å²) in [6.07, 6.45) is 0. The van der Waals surface area contributed by atoms with Crippen LogP contribution in [0.1, 0.15) is 46.9 Å². The molecule has 3 rings (SSSR count). The number of ether oxygens (including phenoxy) is 1. The lowest BCUT2D eigenvalue weighted by molar-refractivity contribution is 0.0939. The van der Waals surface area contributed by atoms with Crippen LogP contribution < -0.4 is 14.8 Å². The van der Waals surface area contributed by atoms with Crippen molar-refractivity contribution in [1.82, 2.24) is 5.32 Å². The van der Waals surface area contributed by atoms with Gasteiger partial charge in [0.05, 0.1) is 23.4 Å². The van der Waals surface area contributed by atoms with Gasteiger partial charge in [-0.25, -0.2) is 8.42 Å². The second kappa shape index (κ2) is 10.3. The van der Waals surface area contributed by atoms with Gasteiger partial charge < -0.3 is 10.1 Å². The molecule has 1 atom stereocenters. The Hall–Kier alpha value is -3.03. The molecule has 0 heterocycles. The molecule has 0 saturated heterocycles. The number of rotatable bonds is 8. The highest BCUT2D eigenvalue weighted by molar-refractivity contribution is 7.92. The number of sulfonamides is 1. The summed E-state index contributed by atoms with van der Waals surface area (Å²) >= 11 is 6.20. The van der Waals surface area contributed by atoms with Gasteiger partial charge in [-0.3, -0.25) is 9.52 Å². The van der Waals surface area contributed by atoms with E-state index in [-0.39, 0.29) is 21.5 Å². The molecule has 0 aliphatic carbocycles. The number of amides is 1. The number of benzene rings is 3. The van der Waals surface area contributed by atoms with E-state index in [1.165, 1.54) is 18.2 Å². The van der Waals surface area contributed by atoms with Gasteiger partial charge in [0.15, 0.2) is 0 Å². The number of nitrogens with one attached hydrogen (secondary N) is 2. The quantitative estimate of drug-likeness (QED) is 0.431. The van der Waals surface area contributed by atoms with Crippen molar-refractivity contribution in [3.8, 4) is 5.75 Å². The lowest BCUT2D eigenvalue weighted by Crippen LogP contribution is -2.27. The molecule has 6 nitrogen and oxygen atoms in total. The number of aryl methyl sites for hydroxylation is 2. The Balaban J connectivity index is 1.80. The average Bonchev–Trinajstić information content (AvgIpc) is 2.76. The van der Waals surface area contributed by atoms with Crippen LogP contribution in [0.25, 0.3) is 0 Å². The summed E-state index contributed by atoms with van der Waals surface area (Å²) in [5.74, 6) is 0.347. The van der Waals surface area contributed by atoms with E-state index in [9.17, 15) is 13.2 Å². The first-order valence-electron chi connectivity index (χ1n) is 10.5. The Kier molecular flexibility index (Phi) is 7.66. The lowest BCUT2D eigenvalue weighted by Gasteiger charge is -2.16. The fourth-order valence-electron chi connectivity index (χ4n) is 3.36. The zero-order valence-corrected chi connectivity index (χ0v) is 20.5. The minimum absolute atomic E-state index is 0.0309. The van der Waals surface area contributed by atoms with Gasteiger partial charge in [0.25, 0.3) is 15.9 Å². The first kappa shape index (κ1) is 24.6. The molecule has 8 heteroatoms. The highest BCUT2D eigenvalue weighted by Crippen LogP contribution is 2.27. The Morgan fingerprint density at radius 1 is 1.03 bits per heavy atom. The number of halogens is 1. The fraction of sp³-hybridized carbons (Fsp3) is 0.240. The van der Waals surface area contributed by atoms with Crippen LogP contribution in [-0.2, 0) is 10.0 Å². The molecule has 0 aliphatic rings. The first-order valence-corrected chi connectivity index (χ1v) is 12.4. The monoisotopic (exact) mass is 486 g/mol. The maximum atomic E-state index is 13.0. The molecule has 0 spiro atoms. The normalized spacial score (nSPS) is 12.2. The van der Waals surface area contributed by atoms with Crippen LogP contribution in [0.3, 0.4) is 0 Å². The summed E-state index contributed by atoms with van der Waals surface area (Å²) in [6, 6.07) is 16.7. The molecule has 2 N–H and O–H groups in total. The summed E-state index contributed by atoms with van der Waals surface area (Å²) in [5, 5.41) is 2.92. The van der Waals surface area contributed by atoms with Crippen LogP contribution in [0.2, 0.25) is 5.02 Å². The molecule has 0 radical (unpaired) electrons. The predicted molar refractivity (Wildman–Crippen MR) is 132 cm³/mol. The van der Waals surface area contributed by atoms with E-state index in [1.54, 1.807) is 6.07 Å². The third-order valence-electron chi connectivity index (χ3n) is 5.15. The van der Waals surface area contributed by atoms with Crippen LogP contribution in [0.15, 0.2) is 65.6 Å². The van der Waals surface area contributed by atoms with Crippen molar-refractivity contribution in [2.24, 2.45) is 0 Å². The van der Waals surface area contributed by atoms with Gasteiger partial charge in [0.2, 0.25) is 0 Å². The predicted octanol–water partition coefficient (Wildman–Crippen LogP) is 5.65. The molecule has 33 heavy (non-hydrogen) atoms. The largest absolute Gasteiger partial charge is 0.494 e. The van der Waals surface area contributed by atoms with Crippen molar-refractivity contribution >= 4 is 33.2 Å². The van der Waals surface area contributed by atoms with Crippen LogP contribution >= 0.6 is 11.6 Å². The standard InChI is InChI=1S/C25H27ClN2O4S/c1-5-32-21-10-7-19(8-11-21)18(4)27-25(29)20-9-12-22(26)24(15-20)33(30,31)28-23-13-6-16(2)14-17(23)3/h6-15,18,28H,5H2,1-4H3,(H,27,29)/t18-/m1/s1. The molecule has 0 aliphatic heterocycles. The molecule has 3 aromatic carbocycles. The third-order valence-corrected chi connectivity index (χ3v) is 6.99. The van der Waals surface area contributed by atoms with Gasteiger partial charge in [-0.15, -0.1) is 0 Å². The first-order chi connectivity index (χ1) is 15.6. The Bertz CT molecular complexity index is 1260. The minimum Gasteiger partial charge on any atom is -0.494 e. The summed E-state index contributed by atoms with van der Waals surface area (Å²) in [7, 11) is -4.00. The molecule has 1 amide bonds. The average molecular weight is 487 g/mol. The van der Waals surface area contributed by atoms with Crippen molar-refractivity contribution in [3.63, 3.8) is 0 Å². The summed E-state index contributed by atoms with van der Waals surface area (Å²) < 4.78 is 34.1. The van der Waals surface area contributed by atoms with Gasteiger partial charge in [-0.1, -0.05) is 41.4 Å². The third kappa shape index (κ3) is 6.06. The zero-order valence-electron chi connectivity index (χ0n) is 19.0. The number of anilines is 1. The number of carbonyl (C=O) groups excluding carboxylic acids is 1. The van der Waals surface area contributed by atoms with Crippen LogP contribution in [0, 0.1) is 13.8 Å². The van der Waals surface area contributed by atoms with Crippen molar-refractivity contribution in [1.29, 1.82) is 0 Å². The van der Waals surface area contributed by atoms with E-state index in [1.807, 2.05) is 64.1 Å². The number of carbonyl (C=O) groups is 1. The van der Waals surface area contributed by atoms with E-state index in [2.05, 4.69) is 10.0 Å². The van der Waals surface area contributed by atoms with Gasteiger partial charge in [0.1, 0.15) is 10.6 Å². The van der Waals surface area contributed by atoms with E-state index in [0.717, 1.165) is 22.4 Å². The lowest BCUT2D eigenvalue weighted by atomic mass is 10.1. The molecular formula is C25H27ClN2O4S. The second-order valence-corrected chi connectivity index (χ2v) is 9.82. The maximum Gasteiger partial charge on any atom is 0.263 e. The highest BCUT2D eigenvalue weighted by Gasteiger charge is 2.22. The van der Waals surface area contributed by atoms with Crippen molar-refractivity contribution < 1.29 is 17.9 Å². The summed E-state index contributed by atoms with van der Waals surface area (Å²) in [6.45, 7) is 8.08. The Labute approximate surface area is 200 Å².